The number of rotatable bonds is 9. The van der Waals surface area contributed by atoms with E-state index in [1.165, 1.54) is 0 Å². The van der Waals surface area contributed by atoms with Crippen LogP contribution in [-0.4, -0.2) is 30.4 Å². The smallest absolute Gasteiger partial charge is 0.252 e. The summed E-state index contributed by atoms with van der Waals surface area (Å²) in [5, 5.41) is 7.43. The lowest BCUT2D eigenvalue weighted by molar-refractivity contribution is 0.0939. The zero-order valence-electron chi connectivity index (χ0n) is 21.3. The topological polar surface area (TPSA) is 119 Å². The molecular formula is C27H31N5O3S2. The van der Waals surface area contributed by atoms with E-state index in [2.05, 4.69) is 39.4 Å². The number of carbonyl (C=O) groups excluding carboxylic acids is 1. The van der Waals surface area contributed by atoms with Gasteiger partial charge in [-0.1, -0.05) is 12.1 Å². The molecule has 0 fully saturated rings. The van der Waals surface area contributed by atoms with Gasteiger partial charge >= 0.3 is 0 Å². The Morgan fingerprint density at radius 1 is 1.11 bits per heavy atom. The number of amides is 1. The Morgan fingerprint density at radius 2 is 1.86 bits per heavy atom. The predicted molar refractivity (Wildman–Crippen MR) is 149 cm³/mol. The van der Waals surface area contributed by atoms with Gasteiger partial charge in [0.15, 0.2) is 0 Å². The summed E-state index contributed by atoms with van der Waals surface area (Å²) < 4.78 is 27.2. The summed E-state index contributed by atoms with van der Waals surface area (Å²) in [7, 11) is -1.46. The van der Waals surface area contributed by atoms with Crippen LogP contribution in [0.15, 0.2) is 60.9 Å². The van der Waals surface area contributed by atoms with Crippen molar-refractivity contribution in [2.24, 2.45) is 12.8 Å². The van der Waals surface area contributed by atoms with Gasteiger partial charge in [0.1, 0.15) is 0 Å². The maximum atomic E-state index is 13.3. The number of nitrogens with zero attached hydrogens (tertiary/aromatic N) is 2. The van der Waals surface area contributed by atoms with Crippen molar-refractivity contribution in [2.75, 3.05) is 6.26 Å². The van der Waals surface area contributed by atoms with Gasteiger partial charge in [0.25, 0.3) is 5.91 Å². The van der Waals surface area contributed by atoms with Crippen LogP contribution in [0.3, 0.4) is 0 Å². The molecule has 0 aliphatic carbocycles. The fraction of sp³-hybridized carbons (Fsp3) is 0.259. The van der Waals surface area contributed by atoms with Gasteiger partial charge in [0.05, 0.1) is 18.5 Å². The average Bonchev–Trinajstić information content (AvgIpc) is 3.52. The summed E-state index contributed by atoms with van der Waals surface area (Å²) in [6, 6.07) is 15.5. The molecule has 1 amide bonds. The van der Waals surface area contributed by atoms with Crippen LogP contribution in [0.25, 0.3) is 21.6 Å². The maximum Gasteiger partial charge on any atom is 0.252 e. The van der Waals surface area contributed by atoms with E-state index in [0.29, 0.717) is 17.7 Å². The van der Waals surface area contributed by atoms with Crippen LogP contribution in [0.5, 0.6) is 0 Å². The molecule has 2 aromatic carbocycles. The molecule has 4 rings (SSSR count). The molecule has 10 heteroatoms. The van der Waals surface area contributed by atoms with E-state index in [1.54, 1.807) is 22.1 Å². The van der Waals surface area contributed by atoms with E-state index < -0.39 is 10.0 Å². The van der Waals surface area contributed by atoms with Gasteiger partial charge in [-0.15, -0.1) is 11.3 Å². The zero-order valence-corrected chi connectivity index (χ0v) is 22.9. The Kier molecular flexibility index (Phi) is 7.93. The summed E-state index contributed by atoms with van der Waals surface area (Å²) in [6.07, 6.45) is 4.90. The van der Waals surface area contributed by atoms with Gasteiger partial charge in [0.2, 0.25) is 10.0 Å². The highest BCUT2D eigenvalue weighted by Crippen LogP contribution is 2.34. The molecule has 2 heterocycles. The second-order valence-corrected chi connectivity index (χ2v) is 12.2. The van der Waals surface area contributed by atoms with E-state index in [4.69, 9.17) is 5.73 Å². The SMILES string of the molecule is Cc1ccc(CNS(C)(=O)=O)cc1C(=O)NC(C)c1cc(-c2cnn(C)c2)cc(-c2ccc(CN)s2)c1. The fourth-order valence-electron chi connectivity index (χ4n) is 4.02. The van der Waals surface area contributed by atoms with Gasteiger partial charge in [-0.3, -0.25) is 9.48 Å². The van der Waals surface area contributed by atoms with Gasteiger partial charge < -0.3 is 11.1 Å². The Hall–Kier alpha value is -3.31. The second-order valence-electron chi connectivity index (χ2n) is 9.15. The standard InChI is InChI=1S/C27H31N5O3S2/c1-17-5-6-19(14-30-37(4,34)35)9-25(17)27(33)31-18(2)20-10-21(23-15-29-32(3)16-23)12-22(11-20)26-8-7-24(13-28)36-26/h5-12,15-16,18,30H,13-14,28H2,1-4H3,(H,31,33). The molecule has 1 unspecified atom stereocenters. The second kappa shape index (κ2) is 11.0. The molecule has 2 aromatic heterocycles. The lowest BCUT2D eigenvalue weighted by Crippen LogP contribution is -2.28. The minimum absolute atomic E-state index is 0.122. The number of carbonyl (C=O) groups is 1. The van der Waals surface area contributed by atoms with Crippen LogP contribution in [-0.2, 0) is 30.2 Å². The number of hydrogen-bond donors (Lipinski definition) is 3. The monoisotopic (exact) mass is 537 g/mol. The summed E-state index contributed by atoms with van der Waals surface area (Å²) >= 11 is 1.65. The average molecular weight is 538 g/mol. The van der Waals surface area contributed by atoms with E-state index in [9.17, 15) is 13.2 Å². The molecule has 4 N–H and O–H groups in total. The number of aromatic nitrogens is 2. The number of sulfonamides is 1. The third-order valence-electron chi connectivity index (χ3n) is 6.07. The van der Waals surface area contributed by atoms with Crippen LogP contribution in [0.4, 0.5) is 0 Å². The maximum absolute atomic E-state index is 13.3. The molecular weight excluding hydrogens is 506 g/mol. The van der Waals surface area contributed by atoms with Crippen LogP contribution >= 0.6 is 11.3 Å². The fourth-order valence-corrected chi connectivity index (χ4v) is 5.32. The number of thiophene rings is 1. The van der Waals surface area contributed by atoms with Crippen LogP contribution in [0.1, 0.15) is 44.9 Å². The van der Waals surface area contributed by atoms with E-state index in [-0.39, 0.29) is 18.5 Å². The molecule has 0 saturated heterocycles. The van der Waals surface area contributed by atoms with Crippen molar-refractivity contribution in [1.29, 1.82) is 0 Å². The molecule has 1 atom stereocenters. The molecule has 37 heavy (non-hydrogen) atoms. The van der Waals surface area contributed by atoms with Crippen molar-refractivity contribution < 1.29 is 13.2 Å². The summed E-state index contributed by atoms with van der Waals surface area (Å²) in [5.74, 6) is -0.221. The van der Waals surface area contributed by atoms with Crippen molar-refractivity contribution in [2.45, 2.75) is 33.0 Å². The van der Waals surface area contributed by atoms with Crippen LogP contribution in [0.2, 0.25) is 0 Å². The van der Waals surface area contributed by atoms with Gasteiger partial charge in [-0.25, -0.2) is 13.1 Å². The van der Waals surface area contributed by atoms with Crippen LogP contribution in [0, 0.1) is 6.92 Å². The Bertz CT molecular complexity index is 1540. The van der Waals surface area contributed by atoms with E-state index in [0.717, 1.165) is 43.8 Å². The van der Waals surface area contributed by atoms with Gasteiger partial charge in [-0.2, -0.15) is 5.10 Å². The van der Waals surface area contributed by atoms with Gasteiger partial charge in [-0.05, 0) is 78.1 Å². The Morgan fingerprint density at radius 3 is 2.51 bits per heavy atom. The highest BCUT2D eigenvalue weighted by molar-refractivity contribution is 7.88. The molecule has 8 nitrogen and oxygen atoms in total. The summed E-state index contributed by atoms with van der Waals surface area (Å²) in [6.45, 7) is 4.43. The molecule has 194 valence electrons. The third kappa shape index (κ3) is 6.72. The number of hydrogen-bond acceptors (Lipinski definition) is 6. The molecule has 0 aliphatic heterocycles. The minimum atomic E-state index is -3.34. The summed E-state index contributed by atoms with van der Waals surface area (Å²) in [5.41, 5.74) is 11.9. The minimum Gasteiger partial charge on any atom is -0.346 e. The van der Waals surface area contributed by atoms with Crippen molar-refractivity contribution in [1.82, 2.24) is 19.8 Å². The number of aryl methyl sites for hydroxylation is 2. The molecule has 4 aromatic rings. The molecule has 0 aliphatic rings. The first-order chi connectivity index (χ1) is 17.5. The number of benzene rings is 2. The van der Waals surface area contributed by atoms with Crippen LogP contribution < -0.4 is 15.8 Å². The molecule has 0 bridgehead atoms. The van der Waals surface area contributed by atoms with Crippen molar-refractivity contribution in [3.05, 3.63) is 88.1 Å². The van der Waals surface area contributed by atoms with Crippen molar-refractivity contribution in [3.8, 4) is 21.6 Å². The Balaban J connectivity index is 1.63. The quantitative estimate of drug-likeness (QED) is 0.297. The van der Waals surface area contributed by atoms with Crippen molar-refractivity contribution >= 4 is 27.3 Å². The normalized spacial score (nSPS) is 12.5. The summed E-state index contributed by atoms with van der Waals surface area (Å²) in [4.78, 5) is 15.5. The Labute approximate surface area is 221 Å². The molecule has 0 saturated carbocycles. The van der Waals surface area contributed by atoms with E-state index in [1.807, 2.05) is 51.5 Å². The highest BCUT2D eigenvalue weighted by Gasteiger charge is 2.17. The first-order valence-corrected chi connectivity index (χ1v) is 14.5. The highest BCUT2D eigenvalue weighted by atomic mass is 32.2. The zero-order chi connectivity index (χ0) is 26.7. The lowest BCUT2D eigenvalue weighted by atomic mass is 9.97. The largest absolute Gasteiger partial charge is 0.346 e. The molecule has 0 spiro atoms. The number of nitrogens with one attached hydrogen (secondary N) is 2. The third-order valence-corrected chi connectivity index (χ3v) is 7.90. The predicted octanol–water partition coefficient (Wildman–Crippen LogP) is 4.12. The first kappa shape index (κ1) is 26.7. The number of nitrogens with two attached hydrogens (primary N) is 1. The first-order valence-electron chi connectivity index (χ1n) is 11.8. The van der Waals surface area contributed by atoms with E-state index >= 15 is 0 Å². The van der Waals surface area contributed by atoms with Crippen molar-refractivity contribution in [3.63, 3.8) is 0 Å². The molecule has 0 radical (unpaired) electrons. The lowest BCUT2D eigenvalue weighted by Gasteiger charge is -2.18. The van der Waals surface area contributed by atoms with Gasteiger partial charge in [0, 0.05) is 47.2 Å².